The van der Waals surface area contributed by atoms with Crippen molar-refractivity contribution in [3.63, 3.8) is 0 Å². The highest BCUT2D eigenvalue weighted by Gasteiger charge is 2.18. The van der Waals surface area contributed by atoms with Gasteiger partial charge in [-0.3, -0.25) is 4.98 Å². The molecule has 0 radical (unpaired) electrons. The fraction of sp³-hybridized carbons (Fsp3) is 0.615. The van der Waals surface area contributed by atoms with Crippen LogP contribution < -0.4 is 5.32 Å². The van der Waals surface area contributed by atoms with Gasteiger partial charge < -0.3 is 10.4 Å². The van der Waals surface area contributed by atoms with Gasteiger partial charge in [0.1, 0.15) is 0 Å². The lowest BCUT2D eigenvalue weighted by molar-refractivity contribution is 0.116. The molecule has 2 N–H and O–H groups in total. The normalized spacial score (nSPS) is 25.6. The number of aliphatic hydroxyl groups excluding tert-OH is 1. The zero-order chi connectivity index (χ0) is 11.4. The molecule has 1 aromatic rings. The Morgan fingerprint density at radius 2 is 2.06 bits per heavy atom. The summed E-state index contributed by atoms with van der Waals surface area (Å²) >= 11 is 0. The van der Waals surface area contributed by atoms with E-state index in [-0.39, 0.29) is 6.10 Å². The Labute approximate surface area is 96.9 Å². The molecule has 0 saturated heterocycles. The van der Waals surface area contributed by atoms with E-state index in [2.05, 4.69) is 22.4 Å². The molecule has 1 aliphatic carbocycles. The highest BCUT2D eigenvalue weighted by molar-refractivity contribution is 5.12. The molecule has 3 nitrogen and oxygen atoms in total. The van der Waals surface area contributed by atoms with Gasteiger partial charge in [-0.25, -0.2) is 0 Å². The molecule has 0 bridgehead atoms. The van der Waals surface area contributed by atoms with Crippen LogP contribution in [0.15, 0.2) is 18.3 Å². The van der Waals surface area contributed by atoms with Crippen molar-refractivity contribution < 1.29 is 5.11 Å². The summed E-state index contributed by atoms with van der Waals surface area (Å²) in [5.74, 6) is 0. The molecule has 0 amide bonds. The molecule has 16 heavy (non-hydrogen) atoms. The number of aliphatic hydroxyl groups is 1. The van der Waals surface area contributed by atoms with E-state index in [0.29, 0.717) is 6.04 Å². The van der Waals surface area contributed by atoms with Gasteiger partial charge in [0, 0.05) is 18.8 Å². The molecule has 3 heteroatoms. The van der Waals surface area contributed by atoms with Gasteiger partial charge in [0.2, 0.25) is 0 Å². The quantitative estimate of drug-likeness (QED) is 0.816. The van der Waals surface area contributed by atoms with Gasteiger partial charge in [0.25, 0.3) is 0 Å². The Kier molecular flexibility index (Phi) is 3.91. The van der Waals surface area contributed by atoms with Crippen LogP contribution in [0.4, 0.5) is 0 Å². The summed E-state index contributed by atoms with van der Waals surface area (Å²) in [5.41, 5.74) is 2.29. The lowest BCUT2D eigenvalue weighted by Gasteiger charge is -2.26. The summed E-state index contributed by atoms with van der Waals surface area (Å²) in [6, 6.07) is 4.71. The van der Waals surface area contributed by atoms with E-state index in [1.165, 1.54) is 5.56 Å². The Balaban J connectivity index is 1.77. The minimum absolute atomic E-state index is 0.0736. The highest BCUT2D eigenvalue weighted by atomic mass is 16.3. The standard InChI is InChI=1S/C13H20N2O/c1-10-2-3-12(14-8-10)9-15-11-4-6-13(16)7-5-11/h2-3,8,11,13,15-16H,4-7,9H2,1H3. The van der Waals surface area contributed by atoms with Crippen LogP contribution in [0.5, 0.6) is 0 Å². The molecule has 2 rings (SSSR count). The minimum atomic E-state index is -0.0736. The van der Waals surface area contributed by atoms with Crippen molar-refractivity contribution in [2.24, 2.45) is 0 Å². The molecule has 0 aromatic carbocycles. The molecular formula is C13H20N2O. The molecule has 1 aliphatic rings. The molecule has 0 atom stereocenters. The van der Waals surface area contributed by atoms with Gasteiger partial charge >= 0.3 is 0 Å². The first-order valence-corrected chi connectivity index (χ1v) is 6.07. The lowest BCUT2D eigenvalue weighted by atomic mass is 9.93. The largest absolute Gasteiger partial charge is 0.393 e. The fourth-order valence-electron chi connectivity index (χ4n) is 2.13. The van der Waals surface area contributed by atoms with Crippen LogP contribution in [0.2, 0.25) is 0 Å². The molecule has 1 fully saturated rings. The number of aryl methyl sites for hydroxylation is 1. The van der Waals surface area contributed by atoms with Gasteiger partial charge in [0.05, 0.1) is 11.8 Å². The van der Waals surface area contributed by atoms with E-state index in [0.717, 1.165) is 37.9 Å². The third-order valence-corrected chi connectivity index (χ3v) is 3.24. The third kappa shape index (κ3) is 3.29. The fourth-order valence-corrected chi connectivity index (χ4v) is 2.13. The number of nitrogens with one attached hydrogen (secondary N) is 1. The van der Waals surface area contributed by atoms with Crippen molar-refractivity contribution in [3.05, 3.63) is 29.6 Å². The summed E-state index contributed by atoms with van der Waals surface area (Å²) in [5, 5.41) is 12.9. The second kappa shape index (κ2) is 5.41. The first-order chi connectivity index (χ1) is 7.74. The maximum absolute atomic E-state index is 9.40. The van der Waals surface area contributed by atoms with Gasteiger partial charge in [-0.05, 0) is 44.2 Å². The van der Waals surface area contributed by atoms with Gasteiger partial charge in [-0.1, -0.05) is 6.07 Å². The Bertz CT molecular complexity index is 315. The Morgan fingerprint density at radius 3 is 2.69 bits per heavy atom. The monoisotopic (exact) mass is 220 g/mol. The maximum Gasteiger partial charge on any atom is 0.0541 e. The highest BCUT2D eigenvalue weighted by Crippen LogP contribution is 2.18. The summed E-state index contributed by atoms with van der Waals surface area (Å²) in [6.45, 7) is 2.88. The predicted molar refractivity (Wildman–Crippen MR) is 64.1 cm³/mol. The first kappa shape index (κ1) is 11.6. The van der Waals surface area contributed by atoms with Gasteiger partial charge in [0.15, 0.2) is 0 Å². The van der Waals surface area contributed by atoms with E-state index < -0.39 is 0 Å². The number of aromatic nitrogens is 1. The smallest absolute Gasteiger partial charge is 0.0541 e. The zero-order valence-electron chi connectivity index (χ0n) is 9.82. The van der Waals surface area contributed by atoms with Crippen LogP contribution in [0.1, 0.15) is 36.9 Å². The van der Waals surface area contributed by atoms with Crippen molar-refractivity contribution in [2.45, 2.75) is 51.3 Å². The lowest BCUT2D eigenvalue weighted by Crippen LogP contribution is -2.34. The second-order valence-corrected chi connectivity index (χ2v) is 4.71. The van der Waals surface area contributed by atoms with Crippen LogP contribution in [-0.4, -0.2) is 22.2 Å². The van der Waals surface area contributed by atoms with Crippen LogP contribution in [0.25, 0.3) is 0 Å². The van der Waals surface area contributed by atoms with Crippen LogP contribution in [-0.2, 0) is 6.54 Å². The molecule has 1 heterocycles. The SMILES string of the molecule is Cc1ccc(CNC2CCC(O)CC2)nc1. The maximum atomic E-state index is 9.40. The van der Waals surface area contributed by atoms with Crippen molar-refractivity contribution in [3.8, 4) is 0 Å². The van der Waals surface area contributed by atoms with Crippen LogP contribution in [0.3, 0.4) is 0 Å². The second-order valence-electron chi connectivity index (χ2n) is 4.71. The summed E-state index contributed by atoms with van der Waals surface area (Å²) in [4.78, 5) is 4.37. The van der Waals surface area contributed by atoms with E-state index >= 15 is 0 Å². The summed E-state index contributed by atoms with van der Waals surface area (Å²) in [7, 11) is 0. The summed E-state index contributed by atoms with van der Waals surface area (Å²) in [6.07, 6.45) is 5.84. The van der Waals surface area contributed by atoms with E-state index in [9.17, 15) is 5.11 Å². The number of nitrogens with zero attached hydrogens (tertiary/aromatic N) is 1. The van der Waals surface area contributed by atoms with Crippen molar-refractivity contribution >= 4 is 0 Å². The molecule has 1 saturated carbocycles. The average Bonchev–Trinajstić information content (AvgIpc) is 2.30. The number of rotatable bonds is 3. The van der Waals surface area contributed by atoms with Crippen molar-refractivity contribution in [1.82, 2.24) is 10.3 Å². The van der Waals surface area contributed by atoms with Gasteiger partial charge in [-0.15, -0.1) is 0 Å². The average molecular weight is 220 g/mol. The first-order valence-electron chi connectivity index (χ1n) is 6.07. The Hall–Kier alpha value is -0.930. The number of pyridine rings is 1. The number of hydrogen-bond acceptors (Lipinski definition) is 3. The molecule has 0 spiro atoms. The molecule has 0 aliphatic heterocycles. The van der Waals surface area contributed by atoms with Crippen LogP contribution >= 0.6 is 0 Å². The van der Waals surface area contributed by atoms with E-state index in [1.54, 1.807) is 0 Å². The van der Waals surface area contributed by atoms with Gasteiger partial charge in [-0.2, -0.15) is 0 Å². The molecular weight excluding hydrogens is 200 g/mol. The van der Waals surface area contributed by atoms with Crippen molar-refractivity contribution in [1.29, 1.82) is 0 Å². The van der Waals surface area contributed by atoms with Crippen LogP contribution in [0, 0.1) is 6.92 Å². The molecule has 0 unspecified atom stereocenters. The molecule has 1 aromatic heterocycles. The minimum Gasteiger partial charge on any atom is -0.393 e. The van der Waals surface area contributed by atoms with E-state index in [4.69, 9.17) is 0 Å². The zero-order valence-corrected chi connectivity index (χ0v) is 9.82. The van der Waals surface area contributed by atoms with Crippen molar-refractivity contribution in [2.75, 3.05) is 0 Å². The predicted octanol–water partition coefficient (Wildman–Crippen LogP) is 1.78. The third-order valence-electron chi connectivity index (χ3n) is 3.24. The topological polar surface area (TPSA) is 45.1 Å². The Morgan fingerprint density at radius 1 is 1.31 bits per heavy atom. The molecule has 88 valence electrons. The summed E-state index contributed by atoms with van der Waals surface area (Å²) < 4.78 is 0. The van der Waals surface area contributed by atoms with E-state index in [1.807, 2.05) is 13.1 Å². The number of hydrogen-bond donors (Lipinski definition) is 2.